The maximum atomic E-state index is 12.7. The average Bonchev–Trinajstić information content (AvgIpc) is 3.30. The molecule has 2 N–H and O–H groups in total. The third kappa shape index (κ3) is 3.17. The highest BCUT2D eigenvalue weighted by Crippen LogP contribution is 2.30. The zero-order valence-electron chi connectivity index (χ0n) is 16.0. The van der Waals surface area contributed by atoms with E-state index in [1.54, 1.807) is 6.20 Å². The van der Waals surface area contributed by atoms with Crippen LogP contribution in [0.3, 0.4) is 0 Å². The Balaban J connectivity index is 1.47. The number of amides is 1. The number of pyridine rings is 1. The molecule has 0 saturated heterocycles. The van der Waals surface area contributed by atoms with Gasteiger partial charge in [0.2, 0.25) is 0 Å². The van der Waals surface area contributed by atoms with Crippen LogP contribution < -0.4 is 5.32 Å². The lowest BCUT2D eigenvalue weighted by Gasteiger charge is -2.07. The number of thiazole rings is 1. The van der Waals surface area contributed by atoms with Crippen molar-refractivity contribution in [3.63, 3.8) is 0 Å². The number of aromatic amines is 1. The quantitative estimate of drug-likeness (QED) is 0.409. The second-order valence-corrected chi connectivity index (χ2v) is 8.03. The summed E-state index contributed by atoms with van der Waals surface area (Å²) in [5.41, 5.74) is 7.01. The molecule has 5 aromatic rings. The summed E-state index contributed by atoms with van der Waals surface area (Å²) in [6.07, 6.45) is 1.72. The summed E-state index contributed by atoms with van der Waals surface area (Å²) in [6, 6.07) is 17.8. The molecular weight excluding hydrogens is 380 g/mol. The minimum Gasteiger partial charge on any atom is -0.354 e. The van der Waals surface area contributed by atoms with Gasteiger partial charge >= 0.3 is 0 Å². The van der Waals surface area contributed by atoms with Gasteiger partial charge in [-0.3, -0.25) is 10.1 Å². The van der Waals surface area contributed by atoms with Gasteiger partial charge in [-0.1, -0.05) is 35.6 Å². The molecule has 0 atom stereocenters. The van der Waals surface area contributed by atoms with Gasteiger partial charge in [0.05, 0.1) is 0 Å². The molecule has 6 heteroatoms. The van der Waals surface area contributed by atoms with E-state index >= 15 is 0 Å². The summed E-state index contributed by atoms with van der Waals surface area (Å²) in [5, 5.41) is 4.50. The van der Waals surface area contributed by atoms with Crippen LogP contribution >= 0.6 is 11.3 Å². The minimum atomic E-state index is -0.186. The molecule has 0 aliphatic rings. The molecule has 0 radical (unpaired) electrons. The van der Waals surface area contributed by atoms with Gasteiger partial charge in [0.25, 0.3) is 5.91 Å². The highest BCUT2D eigenvalue weighted by atomic mass is 32.1. The molecule has 3 aromatic heterocycles. The van der Waals surface area contributed by atoms with Crippen molar-refractivity contribution in [2.45, 2.75) is 13.8 Å². The number of anilines is 1. The molecule has 0 fully saturated rings. The number of benzene rings is 2. The van der Waals surface area contributed by atoms with Crippen LogP contribution in [-0.2, 0) is 0 Å². The number of fused-ring (bicyclic) bond motifs is 2. The Labute approximate surface area is 171 Å². The number of carbonyl (C=O) groups is 1. The van der Waals surface area contributed by atoms with Gasteiger partial charge in [-0.25, -0.2) is 9.97 Å². The van der Waals surface area contributed by atoms with Crippen LogP contribution in [0.5, 0.6) is 0 Å². The summed E-state index contributed by atoms with van der Waals surface area (Å²) in [5.74, 6) is -0.186. The van der Waals surface area contributed by atoms with E-state index in [0.29, 0.717) is 10.7 Å². The first-order valence-electron chi connectivity index (χ1n) is 9.31. The molecule has 0 aliphatic carbocycles. The second kappa shape index (κ2) is 6.83. The normalized spacial score (nSPS) is 11.2. The number of carbonyl (C=O) groups excluding carboxylic acids is 1. The van der Waals surface area contributed by atoms with Crippen molar-refractivity contribution < 1.29 is 4.79 Å². The molecule has 0 aliphatic heterocycles. The Bertz CT molecular complexity index is 1330. The molecule has 29 heavy (non-hydrogen) atoms. The smallest absolute Gasteiger partial charge is 0.257 e. The summed E-state index contributed by atoms with van der Waals surface area (Å²) in [6.45, 7) is 4.22. The molecule has 2 aromatic carbocycles. The molecule has 0 spiro atoms. The van der Waals surface area contributed by atoms with Gasteiger partial charge < -0.3 is 4.98 Å². The number of nitrogens with one attached hydrogen (secondary N) is 2. The second-order valence-electron chi connectivity index (χ2n) is 7.05. The van der Waals surface area contributed by atoms with Gasteiger partial charge in [-0.05, 0) is 55.3 Å². The van der Waals surface area contributed by atoms with E-state index in [0.717, 1.165) is 26.9 Å². The summed E-state index contributed by atoms with van der Waals surface area (Å²) >= 11 is 1.37. The van der Waals surface area contributed by atoms with Crippen LogP contribution in [-0.4, -0.2) is 20.9 Å². The van der Waals surface area contributed by atoms with Crippen molar-refractivity contribution in [1.82, 2.24) is 15.0 Å². The molecule has 3 heterocycles. The highest BCUT2D eigenvalue weighted by molar-refractivity contribution is 7.21. The minimum absolute atomic E-state index is 0.186. The number of aromatic nitrogens is 3. The van der Waals surface area contributed by atoms with Gasteiger partial charge in [-0.2, -0.15) is 0 Å². The number of hydrogen-bond donors (Lipinski definition) is 2. The van der Waals surface area contributed by atoms with E-state index in [2.05, 4.69) is 58.4 Å². The molecule has 0 bridgehead atoms. The molecular formula is C23H18N4OS. The topological polar surface area (TPSA) is 70.7 Å². The van der Waals surface area contributed by atoms with Crippen LogP contribution in [0.1, 0.15) is 21.5 Å². The van der Waals surface area contributed by atoms with Crippen LogP contribution in [0.4, 0.5) is 5.13 Å². The van der Waals surface area contributed by atoms with Gasteiger partial charge in [0.15, 0.2) is 5.13 Å². The maximum Gasteiger partial charge on any atom is 0.257 e. The number of hydrogen-bond acceptors (Lipinski definition) is 4. The molecule has 0 unspecified atom stereocenters. The van der Waals surface area contributed by atoms with E-state index < -0.39 is 0 Å². The fraction of sp³-hybridized carbons (Fsp3) is 0.0870. The SMILES string of the molecule is Cc1cccc(C)c1-c1cc2ccc(C(=O)Nc3nc4cccnc4s3)cc2[nH]1. The lowest BCUT2D eigenvalue weighted by Crippen LogP contribution is -2.11. The Morgan fingerprint density at radius 3 is 2.66 bits per heavy atom. The first-order valence-corrected chi connectivity index (χ1v) is 10.1. The molecule has 5 nitrogen and oxygen atoms in total. The lowest BCUT2D eigenvalue weighted by atomic mass is 10.0. The average molecular weight is 398 g/mol. The first kappa shape index (κ1) is 17.6. The molecule has 5 rings (SSSR count). The third-order valence-corrected chi connectivity index (χ3v) is 5.92. The zero-order valence-corrected chi connectivity index (χ0v) is 16.8. The maximum absolute atomic E-state index is 12.7. The van der Waals surface area contributed by atoms with E-state index in [1.165, 1.54) is 28.0 Å². The highest BCUT2D eigenvalue weighted by Gasteiger charge is 2.13. The van der Waals surface area contributed by atoms with Gasteiger partial charge in [0.1, 0.15) is 10.3 Å². The Hall–Kier alpha value is -3.51. The largest absolute Gasteiger partial charge is 0.354 e. The van der Waals surface area contributed by atoms with Gasteiger partial charge in [0, 0.05) is 33.9 Å². The fourth-order valence-corrected chi connectivity index (χ4v) is 4.44. The number of rotatable bonds is 3. The van der Waals surface area contributed by atoms with E-state index in [9.17, 15) is 4.79 Å². The number of aryl methyl sites for hydroxylation is 2. The summed E-state index contributed by atoms with van der Waals surface area (Å²) < 4.78 is 0. The predicted molar refractivity (Wildman–Crippen MR) is 119 cm³/mol. The molecule has 0 saturated carbocycles. The Kier molecular flexibility index (Phi) is 4.14. The summed E-state index contributed by atoms with van der Waals surface area (Å²) in [4.78, 5) is 25.7. The Morgan fingerprint density at radius 2 is 1.86 bits per heavy atom. The number of nitrogens with zero attached hydrogens (tertiary/aromatic N) is 2. The van der Waals surface area contributed by atoms with Crippen molar-refractivity contribution in [3.05, 3.63) is 77.5 Å². The Morgan fingerprint density at radius 1 is 1.03 bits per heavy atom. The standard InChI is InChI=1S/C23H18N4OS/c1-13-5-3-6-14(2)20(13)19-11-15-8-9-16(12-18(15)25-19)21(28)27-23-26-17-7-4-10-24-22(17)29-23/h3-12,25H,1-2H3,(H,26,27,28). The van der Waals surface area contributed by atoms with Crippen LogP contribution in [0, 0.1) is 13.8 Å². The predicted octanol–water partition coefficient (Wildman–Crippen LogP) is 5.71. The summed E-state index contributed by atoms with van der Waals surface area (Å²) in [7, 11) is 0. The van der Waals surface area contributed by atoms with Crippen molar-refractivity contribution >= 4 is 43.6 Å². The zero-order chi connectivity index (χ0) is 20.0. The molecule has 1 amide bonds. The van der Waals surface area contributed by atoms with Crippen molar-refractivity contribution in [3.8, 4) is 11.3 Å². The van der Waals surface area contributed by atoms with Crippen molar-refractivity contribution in [2.75, 3.05) is 5.32 Å². The van der Waals surface area contributed by atoms with Gasteiger partial charge in [-0.15, -0.1) is 0 Å². The monoisotopic (exact) mass is 398 g/mol. The van der Waals surface area contributed by atoms with Crippen LogP contribution in [0.15, 0.2) is 60.8 Å². The van der Waals surface area contributed by atoms with Crippen LogP contribution in [0.2, 0.25) is 0 Å². The van der Waals surface area contributed by atoms with E-state index in [1.807, 2.05) is 30.3 Å². The van der Waals surface area contributed by atoms with E-state index in [-0.39, 0.29) is 5.91 Å². The van der Waals surface area contributed by atoms with Crippen LogP contribution in [0.25, 0.3) is 32.5 Å². The van der Waals surface area contributed by atoms with E-state index in [4.69, 9.17) is 0 Å². The fourth-order valence-electron chi connectivity index (χ4n) is 3.63. The van der Waals surface area contributed by atoms with Crippen molar-refractivity contribution in [2.24, 2.45) is 0 Å². The molecule has 142 valence electrons. The van der Waals surface area contributed by atoms with Crippen molar-refractivity contribution in [1.29, 1.82) is 0 Å². The third-order valence-electron chi connectivity index (χ3n) is 5.02. The lowest BCUT2D eigenvalue weighted by molar-refractivity contribution is 0.102. The first-order chi connectivity index (χ1) is 14.1. The number of H-pyrrole nitrogens is 1.